The lowest BCUT2D eigenvalue weighted by Crippen LogP contribution is -2.47. The summed E-state index contributed by atoms with van der Waals surface area (Å²) in [5.74, 6) is 0.796. The smallest absolute Gasteiger partial charge is 0.419 e. The summed E-state index contributed by atoms with van der Waals surface area (Å²) in [5, 5.41) is 1.15. The van der Waals surface area contributed by atoms with Crippen molar-refractivity contribution < 1.29 is 22.7 Å². The zero-order valence-corrected chi connectivity index (χ0v) is 19.6. The van der Waals surface area contributed by atoms with E-state index in [0.717, 1.165) is 35.6 Å². The van der Waals surface area contributed by atoms with E-state index in [-0.39, 0.29) is 24.2 Å². The van der Waals surface area contributed by atoms with Crippen molar-refractivity contribution in [2.45, 2.75) is 37.8 Å². The summed E-state index contributed by atoms with van der Waals surface area (Å²) in [6.45, 7) is 2.03. The molecule has 35 heavy (non-hydrogen) atoms. The highest BCUT2D eigenvalue weighted by Crippen LogP contribution is 2.38. The number of amides is 1. The van der Waals surface area contributed by atoms with Gasteiger partial charge < -0.3 is 19.5 Å². The Kier molecular flexibility index (Phi) is 6.34. The van der Waals surface area contributed by atoms with Crippen LogP contribution < -0.4 is 9.64 Å². The SMILES string of the molecule is COc1ccc2[nH]cc(C3CCN(C(=O)C4CCCN(c5ncccc5C(F)(F)F)C4)CC3)c2c1. The molecule has 0 saturated carbocycles. The largest absolute Gasteiger partial charge is 0.497 e. The monoisotopic (exact) mass is 486 g/mol. The molecule has 0 spiro atoms. The number of ether oxygens (including phenoxy) is 1. The van der Waals surface area contributed by atoms with Gasteiger partial charge in [-0.25, -0.2) is 4.98 Å². The molecule has 9 heteroatoms. The number of halogens is 3. The van der Waals surface area contributed by atoms with Gasteiger partial charge in [0, 0.05) is 49.5 Å². The molecule has 4 heterocycles. The van der Waals surface area contributed by atoms with Crippen molar-refractivity contribution in [3.8, 4) is 5.75 Å². The Morgan fingerprint density at radius 2 is 1.94 bits per heavy atom. The number of rotatable bonds is 4. The predicted octanol–water partition coefficient (Wildman–Crippen LogP) is 5.21. The van der Waals surface area contributed by atoms with Gasteiger partial charge in [-0.2, -0.15) is 13.2 Å². The molecule has 2 aliphatic heterocycles. The highest BCUT2D eigenvalue weighted by molar-refractivity contribution is 5.85. The lowest BCUT2D eigenvalue weighted by atomic mass is 9.88. The zero-order chi connectivity index (χ0) is 24.6. The first-order valence-electron chi connectivity index (χ1n) is 12.1. The molecule has 2 fully saturated rings. The second-order valence-corrected chi connectivity index (χ2v) is 9.41. The third-order valence-corrected chi connectivity index (χ3v) is 7.33. The van der Waals surface area contributed by atoms with E-state index in [2.05, 4.69) is 16.2 Å². The lowest BCUT2D eigenvalue weighted by molar-refractivity contribution is -0.137. The number of pyridine rings is 1. The van der Waals surface area contributed by atoms with Crippen LogP contribution in [-0.4, -0.2) is 54.1 Å². The van der Waals surface area contributed by atoms with Crippen molar-refractivity contribution in [1.82, 2.24) is 14.9 Å². The summed E-state index contributed by atoms with van der Waals surface area (Å²) >= 11 is 0. The number of nitrogens with one attached hydrogen (secondary N) is 1. The first kappa shape index (κ1) is 23.5. The molecule has 0 aliphatic carbocycles. The Labute approximate surface area is 202 Å². The molecule has 2 saturated heterocycles. The van der Waals surface area contributed by atoms with Gasteiger partial charge in [-0.3, -0.25) is 4.79 Å². The average Bonchev–Trinajstić information content (AvgIpc) is 3.31. The fourth-order valence-electron chi connectivity index (χ4n) is 5.50. The molecule has 2 aromatic heterocycles. The summed E-state index contributed by atoms with van der Waals surface area (Å²) in [6, 6.07) is 8.34. The van der Waals surface area contributed by atoms with E-state index < -0.39 is 11.7 Å². The van der Waals surface area contributed by atoms with Crippen molar-refractivity contribution in [3.05, 3.63) is 53.9 Å². The minimum absolute atomic E-state index is 0.0400. The number of likely N-dealkylation sites (tertiary alicyclic amines) is 1. The number of aromatic amines is 1. The summed E-state index contributed by atoms with van der Waals surface area (Å²) < 4.78 is 45.9. The van der Waals surface area contributed by atoms with Crippen LogP contribution in [0.25, 0.3) is 10.9 Å². The minimum Gasteiger partial charge on any atom is -0.497 e. The van der Waals surface area contributed by atoms with Gasteiger partial charge in [0.05, 0.1) is 18.6 Å². The van der Waals surface area contributed by atoms with Crippen molar-refractivity contribution in [2.75, 3.05) is 38.2 Å². The molecule has 2 aliphatic rings. The van der Waals surface area contributed by atoms with E-state index in [0.29, 0.717) is 38.4 Å². The Morgan fingerprint density at radius 3 is 2.69 bits per heavy atom. The van der Waals surface area contributed by atoms with Gasteiger partial charge in [-0.15, -0.1) is 0 Å². The Hall–Kier alpha value is -3.23. The van der Waals surface area contributed by atoms with Gasteiger partial charge in [-0.05, 0) is 67.5 Å². The topological polar surface area (TPSA) is 61.5 Å². The van der Waals surface area contributed by atoms with Crippen molar-refractivity contribution in [1.29, 1.82) is 0 Å². The van der Waals surface area contributed by atoms with Crippen molar-refractivity contribution >= 4 is 22.6 Å². The third kappa shape index (κ3) is 4.68. The quantitative estimate of drug-likeness (QED) is 0.550. The van der Waals surface area contributed by atoms with Crippen LogP contribution in [-0.2, 0) is 11.0 Å². The second kappa shape index (κ2) is 9.43. The van der Waals surface area contributed by atoms with Crippen LogP contribution in [0.1, 0.15) is 42.7 Å². The Bertz CT molecular complexity index is 1200. The number of alkyl halides is 3. The van der Waals surface area contributed by atoms with Crippen LogP contribution in [0.4, 0.5) is 19.0 Å². The maximum absolute atomic E-state index is 13.5. The van der Waals surface area contributed by atoms with E-state index in [4.69, 9.17) is 4.74 Å². The van der Waals surface area contributed by atoms with E-state index in [9.17, 15) is 18.0 Å². The van der Waals surface area contributed by atoms with Crippen molar-refractivity contribution in [2.24, 2.45) is 5.92 Å². The summed E-state index contributed by atoms with van der Waals surface area (Å²) in [6.07, 6.45) is 2.01. The predicted molar refractivity (Wildman–Crippen MR) is 128 cm³/mol. The summed E-state index contributed by atoms with van der Waals surface area (Å²) in [5.41, 5.74) is 1.56. The summed E-state index contributed by atoms with van der Waals surface area (Å²) in [7, 11) is 1.65. The standard InChI is InChI=1S/C26H29F3N4O2/c1-35-19-6-7-23-20(14-19)21(15-31-23)17-8-12-32(13-9-17)25(34)18-4-3-11-33(16-18)24-22(26(27,28)29)5-2-10-30-24/h2,5-7,10,14-15,17-18,31H,3-4,8-9,11-13,16H2,1H3. The maximum Gasteiger partial charge on any atom is 0.419 e. The molecule has 3 aromatic rings. The second-order valence-electron chi connectivity index (χ2n) is 9.41. The number of methoxy groups -OCH3 is 1. The number of H-pyrrole nitrogens is 1. The van der Waals surface area contributed by atoms with Crippen LogP contribution in [0.2, 0.25) is 0 Å². The molecular weight excluding hydrogens is 457 g/mol. The Balaban J connectivity index is 1.25. The number of carbonyl (C=O) groups excluding carboxylic acids is 1. The summed E-state index contributed by atoms with van der Waals surface area (Å²) in [4.78, 5) is 24.2. The van der Waals surface area contributed by atoms with E-state index >= 15 is 0 Å². The fraction of sp³-hybridized carbons (Fsp3) is 0.462. The van der Waals surface area contributed by atoms with Crippen LogP contribution in [0.3, 0.4) is 0 Å². The molecule has 0 bridgehead atoms. The fourth-order valence-corrected chi connectivity index (χ4v) is 5.50. The third-order valence-electron chi connectivity index (χ3n) is 7.33. The zero-order valence-electron chi connectivity index (χ0n) is 19.6. The molecule has 1 N–H and O–H groups in total. The van der Waals surface area contributed by atoms with Gasteiger partial charge in [0.1, 0.15) is 11.6 Å². The van der Waals surface area contributed by atoms with Crippen LogP contribution in [0.5, 0.6) is 5.75 Å². The lowest BCUT2D eigenvalue weighted by Gasteiger charge is -2.38. The van der Waals surface area contributed by atoms with E-state index in [1.165, 1.54) is 17.8 Å². The molecule has 1 aromatic carbocycles. The molecule has 1 unspecified atom stereocenters. The maximum atomic E-state index is 13.5. The minimum atomic E-state index is -4.48. The number of hydrogen-bond donors (Lipinski definition) is 1. The number of fused-ring (bicyclic) bond motifs is 1. The number of anilines is 1. The first-order valence-corrected chi connectivity index (χ1v) is 12.1. The van der Waals surface area contributed by atoms with Gasteiger partial charge in [0.25, 0.3) is 0 Å². The molecule has 6 nitrogen and oxygen atoms in total. The molecule has 1 amide bonds. The number of benzene rings is 1. The van der Waals surface area contributed by atoms with E-state index in [1.807, 2.05) is 23.1 Å². The van der Waals surface area contributed by atoms with Gasteiger partial charge in [0.15, 0.2) is 0 Å². The highest BCUT2D eigenvalue weighted by Gasteiger charge is 2.38. The Morgan fingerprint density at radius 1 is 1.14 bits per heavy atom. The number of nitrogens with zero attached hydrogens (tertiary/aromatic N) is 3. The number of hydrogen-bond acceptors (Lipinski definition) is 4. The number of carbonyl (C=O) groups is 1. The molecule has 186 valence electrons. The van der Waals surface area contributed by atoms with Crippen LogP contribution >= 0.6 is 0 Å². The molecular formula is C26H29F3N4O2. The van der Waals surface area contributed by atoms with Gasteiger partial charge >= 0.3 is 6.18 Å². The number of piperidine rings is 2. The average molecular weight is 487 g/mol. The van der Waals surface area contributed by atoms with Gasteiger partial charge in [-0.1, -0.05) is 0 Å². The molecule has 5 rings (SSSR count). The van der Waals surface area contributed by atoms with Crippen LogP contribution in [0.15, 0.2) is 42.7 Å². The normalized spacial score (nSPS) is 19.8. The van der Waals surface area contributed by atoms with E-state index in [1.54, 1.807) is 12.0 Å². The first-order chi connectivity index (χ1) is 16.8. The molecule has 0 radical (unpaired) electrons. The highest BCUT2D eigenvalue weighted by atomic mass is 19.4. The number of aromatic nitrogens is 2. The van der Waals surface area contributed by atoms with Gasteiger partial charge in [0.2, 0.25) is 5.91 Å². The molecule has 1 atom stereocenters. The van der Waals surface area contributed by atoms with Crippen LogP contribution in [0, 0.1) is 5.92 Å². The van der Waals surface area contributed by atoms with Crippen molar-refractivity contribution in [3.63, 3.8) is 0 Å².